The summed E-state index contributed by atoms with van der Waals surface area (Å²) in [5, 5.41) is 3.46. The van der Waals surface area contributed by atoms with Crippen LogP contribution in [-0.2, 0) is 4.74 Å². The smallest absolute Gasteiger partial charge is 0.0700 e. The second kappa shape index (κ2) is 7.24. The first kappa shape index (κ1) is 12.0. The largest absolute Gasteiger partial charge is 0.377 e. The van der Waals surface area contributed by atoms with Gasteiger partial charge in [0, 0.05) is 19.2 Å². The van der Waals surface area contributed by atoms with Gasteiger partial charge in [-0.3, -0.25) is 0 Å². The van der Waals surface area contributed by atoms with Gasteiger partial charge in [0.15, 0.2) is 0 Å². The number of ether oxygens (including phenoxy) is 1. The molecule has 0 amide bonds. The highest BCUT2D eigenvalue weighted by Crippen LogP contribution is 2.11. The molecule has 0 saturated carbocycles. The second-order valence-corrected chi connectivity index (χ2v) is 4.44. The van der Waals surface area contributed by atoms with Crippen LogP contribution in [0.3, 0.4) is 0 Å². The minimum atomic E-state index is 0.479. The van der Waals surface area contributed by atoms with Crippen LogP contribution in [0.5, 0.6) is 0 Å². The van der Waals surface area contributed by atoms with E-state index in [1.54, 1.807) is 0 Å². The molecular weight excluding hydrogens is 174 g/mol. The monoisotopic (exact) mass is 199 g/mol. The van der Waals surface area contributed by atoms with E-state index >= 15 is 0 Å². The van der Waals surface area contributed by atoms with Crippen molar-refractivity contribution in [3.05, 3.63) is 0 Å². The molecule has 0 aromatic carbocycles. The molecule has 0 bridgehead atoms. The van der Waals surface area contributed by atoms with Crippen molar-refractivity contribution >= 4 is 0 Å². The lowest BCUT2D eigenvalue weighted by Crippen LogP contribution is -2.41. The number of hydrogen-bond donors (Lipinski definition) is 1. The quantitative estimate of drug-likeness (QED) is 0.664. The third-order valence-electron chi connectivity index (χ3n) is 2.97. The third kappa shape index (κ3) is 4.97. The first-order valence-corrected chi connectivity index (χ1v) is 6.18. The zero-order chi connectivity index (χ0) is 10.2. The molecule has 1 aliphatic heterocycles. The van der Waals surface area contributed by atoms with Crippen molar-refractivity contribution in [1.82, 2.24) is 5.32 Å². The van der Waals surface area contributed by atoms with Gasteiger partial charge in [-0.1, -0.05) is 26.2 Å². The third-order valence-corrected chi connectivity index (χ3v) is 2.97. The molecule has 0 aromatic rings. The summed E-state index contributed by atoms with van der Waals surface area (Å²) in [6.07, 6.45) is 8.20. The molecule has 2 heteroatoms. The highest BCUT2D eigenvalue weighted by molar-refractivity contribution is 4.74. The molecule has 0 radical (unpaired) electrons. The first-order valence-electron chi connectivity index (χ1n) is 6.18. The Hall–Kier alpha value is -0.0800. The van der Waals surface area contributed by atoms with Crippen LogP contribution in [0.15, 0.2) is 0 Å². The molecule has 1 saturated heterocycles. The zero-order valence-electron chi connectivity index (χ0n) is 9.72. The zero-order valence-corrected chi connectivity index (χ0v) is 9.72. The van der Waals surface area contributed by atoms with E-state index < -0.39 is 0 Å². The summed E-state index contributed by atoms with van der Waals surface area (Å²) in [6, 6.07) is 0.690. The maximum atomic E-state index is 5.82. The van der Waals surface area contributed by atoms with Gasteiger partial charge >= 0.3 is 0 Å². The molecular formula is C12H25NO. The van der Waals surface area contributed by atoms with Gasteiger partial charge in [-0.15, -0.1) is 0 Å². The van der Waals surface area contributed by atoms with Crippen LogP contribution in [0.4, 0.5) is 0 Å². The van der Waals surface area contributed by atoms with Crippen molar-refractivity contribution in [2.75, 3.05) is 13.2 Å². The second-order valence-electron chi connectivity index (χ2n) is 4.44. The predicted octanol–water partition coefficient (Wildman–Crippen LogP) is 2.72. The highest BCUT2D eigenvalue weighted by atomic mass is 16.5. The van der Waals surface area contributed by atoms with Crippen LogP contribution in [0.2, 0.25) is 0 Å². The molecule has 2 unspecified atom stereocenters. The van der Waals surface area contributed by atoms with Crippen LogP contribution in [-0.4, -0.2) is 25.3 Å². The van der Waals surface area contributed by atoms with Crippen LogP contribution in [0, 0.1) is 0 Å². The van der Waals surface area contributed by atoms with Crippen molar-refractivity contribution < 1.29 is 4.74 Å². The Labute approximate surface area is 88.4 Å². The van der Waals surface area contributed by atoms with Crippen molar-refractivity contribution in [3.63, 3.8) is 0 Å². The van der Waals surface area contributed by atoms with Gasteiger partial charge in [0.25, 0.3) is 0 Å². The molecule has 84 valence electrons. The molecule has 0 aromatic heterocycles. The van der Waals surface area contributed by atoms with Crippen LogP contribution >= 0.6 is 0 Å². The van der Waals surface area contributed by atoms with Crippen LogP contribution in [0.1, 0.15) is 52.4 Å². The fourth-order valence-corrected chi connectivity index (χ4v) is 1.89. The summed E-state index contributed by atoms with van der Waals surface area (Å²) >= 11 is 0. The van der Waals surface area contributed by atoms with Gasteiger partial charge in [0.2, 0.25) is 0 Å². The topological polar surface area (TPSA) is 21.3 Å². The van der Waals surface area contributed by atoms with Crippen molar-refractivity contribution in [1.29, 1.82) is 0 Å². The number of nitrogens with one attached hydrogen (secondary N) is 1. The van der Waals surface area contributed by atoms with Gasteiger partial charge < -0.3 is 10.1 Å². The molecule has 1 fully saturated rings. The molecule has 1 rings (SSSR count). The summed E-state index contributed by atoms with van der Waals surface area (Å²) < 4.78 is 5.82. The van der Waals surface area contributed by atoms with Crippen LogP contribution in [0.25, 0.3) is 0 Å². The van der Waals surface area contributed by atoms with E-state index in [1.807, 2.05) is 0 Å². The van der Waals surface area contributed by atoms with E-state index in [0.717, 1.165) is 13.2 Å². The normalized spacial score (nSPS) is 27.9. The number of rotatable bonds is 6. The maximum Gasteiger partial charge on any atom is 0.0700 e. The lowest BCUT2D eigenvalue weighted by molar-refractivity contribution is 0.0286. The Morgan fingerprint density at radius 1 is 1.21 bits per heavy atom. The summed E-state index contributed by atoms with van der Waals surface area (Å²) in [6.45, 7) is 6.50. The summed E-state index contributed by atoms with van der Waals surface area (Å²) in [4.78, 5) is 0. The van der Waals surface area contributed by atoms with E-state index in [1.165, 1.54) is 38.5 Å². The minimum absolute atomic E-state index is 0.479. The molecule has 0 spiro atoms. The Bertz CT molecular complexity index is 130. The van der Waals surface area contributed by atoms with E-state index in [-0.39, 0.29) is 0 Å². The highest BCUT2D eigenvalue weighted by Gasteiger charge is 2.17. The Morgan fingerprint density at radius 3 is 2.71 bits per heavy atom. The number of piperidine rings is 1. The minimum Gasteiger partial charge on any atom is -0.377 e. The molecule has 1 N–H and O–H groups in total. The SMILES string of the molecule is CCCCCCOC1CCC(C)NC1. The molecule has 2 atom stereocenters. The fourth-order valence-electron chi connectivity index (χ4n) is 1.89. The average Bonchev–Trinajstić information content (AvgIpc) is 2.21. The predicted molar refractivity (Wildman–Crippen MR) is 60.6 cm³/mol. The summed E-state index contributed by atoms with van der Waals surface area (Å²) in [5.74, 6) is 0. The van der Waals surface area contributed by atoms with E-state index in [9.17, 15) is 0 Å². The van der Waals surface area contributed by atoms with E-state index in [0.29, 0.717) is 12.1 Å². The van der Waals surface area contributed by atoms with Crippen LogP contribution < -0.4 is 5.32 Å². The molecule has 1 aliphatic rings. The fraction of sp³-hybridized carbons (Fsp3) is 1.00. The summed E-state index contributed by atoms with van der Waals surface area (Å²) in [7, 11) is 0. The molecule has 0 aliphatic carbocycles. The van der Waals surface area contributed by atoms with E-state index in [2.05, 4.69) is 19.2 Å². The molecule has 14 heavy (non-hydrogen) atoms. The van der Waals surface area contributed by atoms with Gasteiger partial charge in [-0.05, 0) is 26.2 Å². The maximum absolute atomic E-state index is 5.82. The molecule has 1 heterocycles. The standard InChI is InChI=1S/C12H25NO/c1-3-4-5-6-9-14-12-8-7-11(2)13-10-12/h11-13H,3-10H2,1-2H3. The lowest BCUT2D eigenvalue weighted by atomic mass is 10.0. The van der Waals surface area contributed by atoms with Crippen molar-refractivity contribution in [3.8, 4) is 0 Å². The average molecular weight is 199 g/mol. The van der Waals surface area contributed by atoms with Gasteiger partial charge in [0.1, 0.15) is 0 Å². The first-order chi connectivity index (χ1) is 6.83. The Morgan fingerprint density at radius 2 is 2.07 bits per heavy atom. The molecule has 2 nitrogen and oxygen atoms in total. The lowest BCUT2D eigenvalue weighted by Gasteiger charge is -2.27. The van der Waals surface area contributed by atoms with Gasteiger partial charge in [0.05, 0.1) is 6.10 Å². The number of hydrogen-bond acceptors (Lipinski definition) is 2. The Balaban J connectivity index is 1.91. The van der Waals surface area contributed by atoms with Crippen molar-refractivity contribution in [2.45, 2.75) is 64.5 Å². The van der Waals surface area contributed by atoms with Gasteiger partial charge in [-0.2, -0.15) is 0 Å². The van der Waals surface area contributed by atoms with Gasteiger partial charge in [-0.25, -0.2) is 0 Å². The van der Waals surface area contributed by atoms with E-state index in [4.69, 9.17) is 4.74 Å². The summed E-state index contributed by atoms with van der Waals surface area (Å²) in [5.41, 5.74) is 0. The Kier molecular flexibility index (Phi) is 6.20. The number of unbranched alkanes of at least 4 members (excludes halogenated alkanes) is 3. The van der Waals surface area contributed by atoms with Crippen molar-refractivity contribution in [2.24, 2.45) is 0 Å².